The summed E-state index contributed by atoms with van der Waals surface area (Å²) in [4.78, 5) is 16.9. The van der Waals surface area contributed by atoms with E-state index in [0.717, 1.165) is 17.0 Å². The van der Waals surface area contributed by atoms with Gasteiger partial charge in [0.15, 0.2) is 5.78 Å². The number of carbonyl (C=O) groups is 1. The second kappa shape index (κ2) is 4.58. The lowest BCUT2D eigenvalue weighted by Crippen LogP contribution is -2.04. The number of thiazole rings is 1. The Morgan fingerprint density at radius 1 is 1.47 bits per heavy atom. The first kappa shape index (κ1) is 12.3. The van der Waals surface area contributed by atoms with Crippen LogP contribution < -0.4 is 0 Å². The van der Waals surface area contributed by atoms with Crippen molar-refractivity contribution in [2.45, 2.75) is 20.3 Å². The first-order chi connectivity index (χ1) is 8.00. The lowest BCUT2D eigenvalue weighted by Gasteiger charge is -1.99. The van der Waals surface area contributed by atoms with Crippen molar-refractivity contribution in [2.75, 3.05) is 0 Å². The molecule has 0 amide bonds. The summed E-state index contributed by atoms with van der Waals surface area (Å²) in [5.74, 6) is 0.0444. The minimum atomic E-state index is 0.0444. The lowest BCUT2D eigenvalue weighted by atomic mass is 10.1. The van der Waals surface area contributed by atoms with Crippen molar-refractivity contribution in [2.24, 2.45) is 7.05 Å². The predicted molar refractivity (Wildman–Crippen MR) is 67.8 cm³/mol. The Morgan fingerprint density at radius 3 is 2.65 bits per heavy atom. The van der Waals surface area contributed by atoms with Gasteiger partial charge in [-0.1, -0.05) is 11.6 Å². The molecular weight excluding hydrogens is 258 g/mol. The third-order valence-corrected chi connectivity index (χ3v) is 4.05. The molecule has 2 heterocycles. The zero-order chi connectivity index (χ0) is 12.6. The first-order valence-corrected chi connectivity index (χ1v) is 6.37. The van der Waals surface area contributed by atoms with Crippen LogP contribution in [-0.2, 0) is 13.5 Å². The molecular formula is C11H12ClN3OS. The van der Waals surface area contributed by atoms with Crippen molar-refractivity contribution in [1.82, 2.24) is 14.8 Å². The number of ketones is 1. The quantitative estimate of drug-likeness (QED) is 0.805. The van der Waals surface area contributed by atoms with Crippen molar-refractivity contribution in [3.63, 3.8) is 0 Å². The standard InChI is InChI=1S/C11H12ClN3OS/c1-6-8(11(12)15(3)14-6)4-9(16)10-7(2)13-5-17-10/h5H,4H2,1-3H3. The normalized spacial score (nSPS) is 10.8. The van der Waals surface area contributed by atoms with Gasteiger partial charge in [-0.25, -0.2) is 4.98 Å². The molecule has 2 rings (SSSR count). The zero-order valence-electron chi connectivity index (χ0n) is 9.82. The number of Topliss-reactive ketones (excluding diaryl/α,β-unsaturated/α-hetero) is 1. The molecule has 2 aromatic heterocycles. The maximum atomic E-state index is 12.1. The number of rotatable bonds is 3. The van der Waals surface area contributed by atoms with Crippen LogP contribution >= 0.6 is 22.9 Å². The fourth-order valence-corrected chi connectivity index (χ4v) is 2.67. The topological polar surface area (TPSA) is 47.8 Å². The molecule has 0 N–H and O–H groups in total. The minimum Gasteiger partial charge on any atom is -0.293 e. The van der Waals surface area contributed by atoms with Crippen LogP contribution in [0.4, 0.5) is 0 Å². The van der Waals surface area contributed by atoms with E-state index < -0.39 is 0 Å². The van der Waals surface area contributed by atoms with Gasteiger partial charge in [0.1, 0.15) is 5.15 Å². The van der Waals surface area contributed by atoms with E-state index in [1.165, 1.54) is 11.3 Å². The molecule has 6 heteroatoms. The maximum Gasteiger partial charge on any atom is 0.179 e. The van der Waals surface area contributed by atoms with Crippen LogP contribution in [0.15, 0.2) is 5.51 Å². The van der Waals surface area contributed by atoms with Gasteiger partial charge >= 0.3 is 0 Å². The van der Waals surface area contributed by atoms with Crippen molar-refractivity contribution in [1.29, 1.82) is 0 Å². The van der Waals surface area contributed by atoms with Crippen LogP contribution in [-0.4, -0.2) is 20.5 Å². The van der Waals surface area contributed by atoms with Gasteiger partial charge < -0.3 is 0 Å². The van der Waals surface area contributed by atoms with E-state index in [9.17, 15) is 4.79 Å². The SMILES string of the molecule is Cc1ncsc1C(=O)Cc1c(C)nn(C)c1Cl. The first-order valence-electron chi connectivity index (χ1n) is 5.12. The van der Waals surface area contributed by atoms with E-state index in [0.29, 0.717) is 10.0 Å². The summed E-state index contributed by atoms with van der Waals surface area (Å²) in [5, 5.41) is 4.71. The monoisotopic (exact) mass is 269 g/mol. The van der Waals surface area contributed by atoms with Crippen LogP contribution in [0.1, 0.15) is 26.6 Å². The molecule has 17 heavy (non-hydrogen) atoms. The number of halogens is 1. The van der Waals surface area contributed by atoms with Gasteiger partial charge in [0, 0.05) is 19.0 Å². The lowest BCUT2D eigenvalue weighted by molar-refractivity contribution is 0.0996. The molecule has 0 unspecified atom stereocenters. The Morgan fingerprint density at radius 2 is 2.18 bits per heavy atom. The van der Waals surface area contributed by atoms with Crippen LogP contribution in [0, 0.1) is 13.8 Å². The van der Waals surface area contributed by atoms with Gasteiger partial charge in [0.2, 0.25) is 0 Å². The molecule has 4 nitrogen and oxygen atoms in total. The van der Waals surface area contributed by atoms with Gasteiger partial charge in [-0.2, -0.15) is 5.10 Å². The summed E-state index contributed by atoms with van der Waals surface area (Å²) in [5.41, 5.74) is 4.05. The average Bonchev–Trinajstić information content (AvgIpc) is 2.78. The highest BCUT2D eigenvalue weighted by atomic mass is 35.5. The predicted octanol–water partition coefficient (Wildman–Crippen LogP) is 2.57. The Hall–Kier alpha value is -1.20. The third-order valence-electron chi connectivity index (χ3n) is 2.61. The molecule has 0 aliphatic carbocycles. The number of hydrogen-bond acceptors (Lipinski definition) is 4. The Kier molecular flexibility index (Phi) is 3.31. The summed E-state index contributed by atoms with van der Waals surface area (Å²) in [6.07, 6.45) is 0.279. The van der Waals surface area contributed by atoms with Gasteiger partial charge in [-0.05, 0) is 13.8 Å². The van der Waals surface area contributed by atoms with Crippen LogP contribution in [0.5, 0.6) is 0 Å². The van der Waals surface area contributed by atoms with E-state index in [1.807, 2.05) is 13.8 Å². The molecule has 0 bridgehead atoms. The number of hydrogen-bond donors (Lipinski definition) is 0. The van der Waals surface area contributed by atoms with E-state index in [4.69, 9.17) is 11.6 Å². The molecule has 90 valence electrons. The molecule has 0 atom stereocenters. The molecule has 0 saturated carbocycles. The molecule has 0 spiro atoms. The Bertz CT molecular complexity index is 573. The highest BCUT2D eigenvalue weighted by Gasteiger charge is 2.18. The summed E-state index contributed by atoms with van der Waals surface area (Å²) in [6, 6.07) is 0. The van der Waals surface area contributed by atoms with Crippen molar-refractivity contribution in [3.8, 4) is 0 Å². The van der Waals surface area contributed by atoms with Gasteiger partial charge in [-0.15, -0.1) is 11.3 Å². The molecule has 0 radical (unpaired) electrons. The van der Waals surface area contributed by atoms with E-state index >= 15 is 0 Å². The highest BCUT2D eigenvalue weighted by Crippen LogP contribution is 2.22. The molecule has 0 aliphatic rings. The van der Waals surface area contributed by atoms with E-state index in [1.54, 1.807) is 17.2 Å². The maximum absolute atomic E-state index is 12.1. The van der Waals surface area contributed by atoms with Gasteiger partial charge in [0.05, 0.1) is 21.8 Å². The summed E-state index contributed by atoms with van der Waals surface area (Å²) >= 11 is 7.46. The molecule has 2 aromatic rings. The van der Waals surface area contributed by atoms with Crippen LogP contribution in [0.2, 0.25) is 5.15 Å². The van der Waals surface area contributed by atoms with Crippen molar-refractivity contribution >= 4 is 28.7 Å². The molecule has 0 aromatic carbocycles. The number of nitrogens with zero attached hydrogens (tertiary/aromatic N) is 3. The fraction of sp³-hybridized carbons (Fsp3) is 0.364. The second-order valence-electron chi connectivity index (χ2n) is 3.85. The van der Waals surface area contributed by atoms with Crippen LogP contribution in [0.25, 0.3) is 0 Å². The molecule has 0 aliphatic heterocycles. The van der Waals surface area contributed by atoms with Crippen molar-refractivity contribution in [3.05, 3.63) is 32.5 Å². The highest BCUT2D eigenvalue weighted by molar-refractivity contribution is 7.11. The van der Waals surface area contributed by atoms with E-state index in [2.05, 4.69) is 10.1 Å². The summed E-state index contributed by atoms with van der Waals surface area (Å²) < 4.78 is 1.58. The zero-order valence-corrected chi connectivity index (χ0v) is 11.4. The number of aromatic nitrogens is 3. The Balaban J connectivity index is 2.28. The van der Waals surface area contributed by atoms with Crippen molar-refractivity contribution < 1.29 is 4.79 Å². The largest absolute Gasteiger partial charge is 0.293 e. The Labute approximate surface area is 108 Å². The molecule has 0 saturated heterocycles. The smallest absolute Gasteiger partial charge is 0.179 e. The van der Waals surface area contributed by atoms with Crippen LogP contribution in [0.3, 0.4) is 0 Å². The second-order valence-corrected chi connectivity index (χ2v) is 5.06. The summed E-state index contributed by atoms with van der Waals surface area (Å²) in [7, 11) is 1.77. The average molecular weight is 270 g/mol. The minimum absolute atomic E-state index is 0.0444. The summed E-state index contributed by atoms with van der Waals surface area (Å²) in [6.45, 7) is 3.69. The fourth-order valence-electron chi connectivity index (χ4n) is 1.69. The van der Waals surface area contributed by atoms with E-state index in [-0.39, 0.29) is 12.2 Å². The van der Waals surface area contributed by atoms with Gasteiger partial charge in [0.25, 0.3) is 0 Å². The number of aryl methyl sites for hydroxylation is 3. The third kappa shape index (κ3) is 2.25. The van der Waals surface area contributed by atoms with Gasteiger partial charge in [-0.3, -0.25) is 9.48 Å². The number of carbonyl (C=O) groups excluding carboxylic acids is 1. The molecule has 0 fully saturated rings.